The SMILES string of the molecule is Cc1cc(OCC(=O)NCc2ccccc2Cl)nc(N2CCCC(C)C2)n1. The largest absolute Gasteiger partial charge is 0.467 e. The molecule has 1 aliphatic heterocycles. The van der Waals surface area contributed by atoms with Gasteiger partial charge in [-0.1, -0.05) is 36.7 Å². The molecule has 1 saturated heterocycles. The summed E-state index contributed by atoms with van der Waals surface area (Å²) in [5, 5.41) is 3.44. The van der Waals surface area contributed by atoms with Gasteiger partial charge in [0.25, 0.3) is 5.91 Å². The number of anilines is 1. The van der Waals surface area contributed by atoms with E-state index in [4.69, 9.17) is 16.3 Å². The Balaban J connectivity index is 1.55. The molecule has 1 atom stereocenters. The zero-order chi connectivity index (χ0) is 19.2. The Hall–Kier alpha value is -2.34. The molecular formula is C20H25ClN4O2. The zero-order valence-electron chi connectivity index (χ0n) is 15.7. The van der Waals surface area contributed by atoms with Crippen molar-refractivity contribution in [3.05, 3.63) is 46.6 Å². The van der Waals surface area contributed by atoms with Crippen LogP contribution in [0, 0.1) is 12.8 Å². The van der Waals surface area contributed by atoms with E-state index in [2.05, 4.69) is 27.1 Å². The number of amides is 1. The van der Waals surface area contributed by atoms with Crippen LogP contribution in [-0.4, -0.2) is 35.6 Å². The molecule has 6 nitrogen and oxygen atoms in total. The third kappa shape index (κ3) is 5.57. The number of nitrogens with one attached hydrogen (secondary N) is 1. The Morgan fingerprint density at radius 3 is 2.96 bits per heavy atom. The minimum atomic E-state index is -0.223. The smallest absolute Gasteiger partial charge is 0.258 e. The summed E-state index contributed by atoms with van der Waals surface area (Å²) in [4.78, 5) is 23.3. The summed E-state index contributed by atoms with van der Waals surface area (Å²) in [5.74, 6) is 1.50. The first-order valence-corrected chi connectivity index (χ1v) is 9.62. The molecule has 0 radical (unpaired) electrons. The summed E-state index contributed by atoms with van der Waals surface area (Å²) in [6.45, 7) is 6.30. The van der Waals surface area contributed by atoms with Crippen LogP contribution < -0.4 is 15.0 Å². The number of carbonyl (C=O) groups is 1. The minimum Gasteiger partial charge on any atom is -0.467 e. The molecule has 0 bridgehead atoms. The van der Waals surface area contributed by atoms with Gasteiger partial charge in [-0.15, -0.1) is 0 Å². The van der Waals surface area contributed by atoms with Gasteiger partial charge in [0.1, 0.15) is 0 Å². The molecule has 2 aromatic rings. The molecule has 1 aromatic carbocycles. The lowest BCUT2D eigenvalue weighted by Crippen LogP contribution is -2.35. The van der Waals surface area contributed by atoms with Crippen LogP contribution in [0.15, 0.2) is 30.3 Å². The van der Waals surface area contributed by atoms with Gasteiger partial charge in [0.15, 0.2) is 6.61 Å². The highest BCUT2D eigenvalue weighted by Gasteiger charge is 2.19. The van der Waals surface area contributed by atoms with Gasteiger partial charge in [-0.2, -0.15) is 4.98 Å². The first-order chi connectivity index (χ1) is 13.0. The van der Waals surface area contributed by atoms with Crippen molar-refractivity contribution in [2.45, 2.75) is 33.2 Å². The van der Waals surface area contributed by atoms with Crippen LogP contribution in [0.5, 0.6) is 5.88 Å². The first kappa shape index (κ1) is 19.4. The van der Waals surface area contributed by atoms with Crippen LogP contribution in [0.2, 0.25) is 5.02 Å². The maximum absolute atomic E-state index is 12.1. The van der Waals surface area contributed by atoms with Crippen molar-refractivity contribution in [2.24, 2.45) is 5.92 Å². The molecule has 1 N–H and O–H groups in total. The Morgan fingerprint density at radius 1 is 1.37 bits per heavy atom. The van der Waals surface area contributed by atoms with Gasteiger partial charge in [-0.25, -0.2) is 4.98 Å². The molecule has 2 heterocycles. The minimum absolute atomic E-state index is 0.100. The van der Waals surface area contributed by atoms with Crippen LogP contribution in [-0.2, 0) is 11.3 Å². The fraction of sp³-hybridized carbons (Fsp3) is 0.450. The molecule has 1 aliphatic rings. The number of nitrogens with zero attached hydrogens (tertiary/aromatic N) is 3. The van der Waals surface area contributed by atoms with Crippen molar-refractivity contribution < 1.29 is 9.53 Å². The number of carbonyl (C=O) groups excluding carboxylic acids is 1. The second kappa shape index (κ2) is 9.04. The Bertz CT molecular complexity index is 799. The maximum atomic E-state index is 12.1. The highest BCUT2D eigenvalue weighted by Crippen LogP contribution is 2.22. The summed E-state index contributed by atoms with van der Waals surface area (Å²) in [5.41, 5.74) is 1.69. The van der Waals surface area contributed by atoms with Gasteiger partial charge >= 0.3 is 0 Å². The number of halogens is 1. The monoisotopic (exact) mass is 388 g/mol. The highest BCUT2D eigenvalue weighted by molar-refractivity contribution is 6.31. The second-order valence-electron chi connectivity index (χ2n) is 7.00. The molecule has 3 rings (SSSR count). The third-order valence-corrected chi connectivity index (χ3v) is 4.91. The average molecular weight is 389 g/mol. The van der Waals surface area contributed by atoms with Gasteiger partial charge in [0.05, 0.1) is 0 Å². The number of aryl methyl sites for hydroxylation is 1. The number of hydrogen-bond donors (Lipinski definition) is 1. The Morgan fingerprint density at radius 2 is 2.19 bits per heavy atom. The van der Waals surface area contributed by atoms with E-state index in [1.165, 1.54) is 6.42 Å². The van der Waals surface area contributed by atoms with E-state index in [0.717, 1.165) is 30.8 Å². The molecule has 0 aliphatic carbocycles. The first-order valence-electron chi connectivity index (χ1n) is 9.25. The van der Waals surface area contributed by atoms with E-state index < -0.39 is 0 Å². The van der Waals surface area contributed by atoms with Crippen molar-refractivity contribution in [2.75, 3.05) is 24.6 Å². The van der Waals surface area contributed by atoms with Crippen molar-refractivity contribution in [1.82, 2.24) is 15.3 Å². The van der Waals surface area contributed by atoms with Gasteiger partial charge in [-0.3, -0.25) is 4.79 Å². The molecule has 0 spiro atoms. The lowest BCUT2D eigenvalue weighted by molar-refractivity contribution is -0.123. The topological polar surface area (TPSA) is 67.3 Å². The lowest BCUT2D eigenvalue weighted by atomic mass is 10.0. The molecule has 1 unspecified atom stereocenters. The fourth-order valence-corrected chi connectivity index (χ4v) is 3.34. The van der Waals surface area contributed by atoms with E-state index in [9.17, 15) is 4.79 Å². The van der Waals surface area contributed by atoms with Gasteiger partial charge in [0, 0.05) is 36.4 Å². The van der Waals surface area contributed by atoms with Crippen molar-refractivity contribution in [3.63, 3.8) is 0 Å². The van der Waals surface area contributed by atoms with Crippen LogP contribution >= 0.6 is 11.6 Å². The quantitative estimate of drug-likeness (QED) is 0.821. The van der Waals surface area contributed by atoms with E-state index in [1.54, 1.807) is 12.1 Å². The summed E-state index contributed by atoms with van der Waals surface area (Å²) < 4.78 is 5.60. The number of ether oxygens (including phenoxy) is 1. The molecule has 0 saturated carbocycles. The predicted molar refractivity (Wildman–Crippen MR) is 106 cm³/mol. The number of benzene rings is 1. The Kier molecular flexibility index (Phi) is 6.50. The fourth-order valence-electron chi connectivity index (χ4n) is 3.14. The summed E-state index contributed by atoms with van der Waals surface area (Å²) in [7, 11) is 0. The predicted octanol–water partition coefficient (Wildman–Crippen LogP) is 3.37. The van der Waals surface area contributed by atoms with Gasteiger partial charge in [0.2, 0.25) is 11.8 Å². The normalized spacial score (nSPS) is 16.9. The van der Waals surface area contributed by atoms with Crippen LogP contribution in [0.3, 0.4) is 0 Å². The zero-order valence-corrected chi connectivity index (χ0v) is 16.5. The summed E-state index contributed by atoms with van der Waals surface area (Å²) >= 11 is 6.10. The van der Waals surface area contributed by atoms with Crippen LogP contribution in [0.25, 0.3) is 0 Å². The van der Waals surface area contributed by atoms with E-state index in [-0.39, 0.29) is 12.5 Å². The van der Waals surface area contributed by atoms with E-state index in [0.29, 0.717) is 29.3 Å². The maximum Gasteiger partial charge on any atom is 0.258 e. The van der Waals surface area contributed by atoms with Crippen LogP contribution in [0.4, 0.5) is 5.95 Å². The van der Waals surface area contributed by atoms with Crippen molar-refractivity contribution >= 4 is 23.5 Å². The molecule has 1 amide bonds. The van der Waals surface area contributed by atoms with Crippen LogP contribution in [0.1, 0.15) is 31.0 Å². The molecule has 1 fully saturated rings. The molecule has 144 valence electrons. The van der Waals surface area contributed by atoms with Gasteiger partial charge in [-0.05, 0) is 37.3 Å². The number of hydrogen-bond acceptors (Lipinski definition) is 5. The third-order valence-electron chi connectivity index (χ3n) is 4.54. The summed E-state index contributed by atoms with van der Waals surface area (Å²) in [6, 6.07) is 9.17. The number of rotatable bonds is 6. The highest BCUT2D eigenvalue weighted by atomic mass is 35.5. The molecular weight excluding hydrogens is 364 g/mol. The molecule has 7 heteroatoms. The lowest BCUT2D eigenvalue weighted by Gasteiger charge is -2.31. The summed E-state index contributed by atoms with van der Waals surface area (Å²) in [6.07, 6.45) is 2.37. The number of piperidine rings is 1. The van der Waals surface area contributed by atoms with E-state index in [1.807, 2.05) is 25.1 Å². The molecule has 27 heavy (non-hydrogen) atoms. The molecule has 1 aromatic heterocycles. The average Bonchev–Trinajstić information content (AvgIpc) is 2.65. The standard InChI is InChI=1S/C20H25ClN4O2/c1-14-6-5-9-25(12-14)20-23-15(2)10-19(24-20)27-13-18(26)22-11-16-7-3-4-8-17(16)21/h3-4,7-8,10,14H,5-6,9,11-13H2,1-2H3,(H,22,26). The van der Waals surface area contributed by atoms with E-state index >= 15 is 0 Å². The van der Waals surface area contributed by atoms with Crippen molar-refractivity contribution in [1.29, 1.82) is 0 Å². The van der Waals surface area contributed by atoms with Crippen molar-refractivity contribution in [3.8, 4) is 5.88 Å². The second-order valence-corrected chi connectivity index (χ2v) is 7.40. The Labute approximate surface area is 164 Å². The van der Waals surface area contributed by atoms with Gasteiger partial charge < -0.3 is 15.0 Å². The number of aromatic nitrogens is 2.